The lowest BCUT2D eigenvalue weighted by Gasteiger charge is -2.24. The zero-order valence-electron chi connectivity index (χ0n) is 14.8. The van der Waals surface area contributed by atoms with Gasteiger partial charge in [-0.1, -0.05) is 48.5 Å². The summed E-state index contributed by atoms with van der Waals surface area (Å²) in [6.07, 6.45) is 5.10. The van der Waals surface area contributed by atoms with E-state index in [1.165, 1.54) is 5.56 Å². The molecule has 3 nitrogen and oxygen atoms in total. The molecule has 0 unspecified atom stereocenters. The van der Waals surface area contributed by atoms with Gasteiger partial charge in [0.2, 0.25) is 0 Å². The van der Waals surface area contributed by atoms with Gasteiger partial charge in [0.15, 0.2) is 0 Å². The van der Waals surface area contributed by atoms with Crippen LogP contribution in [0.1, 0.15) is 35.2 Å². The van der Waals surface area contributed by atoms with Crippen LogP contribution >= 0.6 is 0 Å². The molecule has 0 aliphatic heterocycles. The lowest BCUT2D eigenvalue weighted by atomic mass is 9.91. The van der Waals surface area contributed by atoms with Gasteiger partial charge in [0, 0.05) is 16.9 Å². The van der Waals surface area contributed by atoms with E-state index in [1.54, 1.807) is 0 Å². The molecule has 3 heteroatoms. The molecule has 1 aromatic heterocycles. The van der Waals surface area contributed by atoms with E-state index in [0.717, 1.165) is 49.0 Å². The highest BCUT2D eigenvalue weighted by molar-refractivity contribution is 5.48. The summed E-state index contributed by atoms with van der Waals surface area (Å²) >= 11 is 0. The molecule has 0 saturated heterocycles. The fourth-order valence-corrected chi connectivity index (χ4v) is 3.92. The highest BCUT2D eigenvalue weighted by Crippen LogP contribution is 2.32. The Balaban J connectivity index is 1.82. The number of benzene rings is 2. The summed E-state index contributed by atoms with van der Waals surface area (Å²) in [5.41, 5.74) is 4.46. The van der Waals surface area contributed by atoms with Crippen molar-refractivity contribution in [3.05, 3.63) is 93.4 Å². The van der Waals surface area contributed by atoms with Gasteiger partial charge in [-0.05, 0) is 56.2 Å². The molecule has 1 aliphatic carbocycles. The second kappa shape index (κ2) is 7.20. The lowest BCUT2D eigenvalue weighted by Crippen LogP contribution is -2.29. The van der Waals surface area contributed by atoms with E-state index < -0.39 is 0 Å². The van der Waals surface area contributed by atoms with Crippen LogP contribution in [-0.2, 0) is 25.7 Å². The maximum absolute atomic E-state index is 13.3. The van der Waals surface area contributed by atoms with Gasteiger partial charge in [0.05, 0.1) is 5.56 Å². The number of para-hydroxylation sites is 1. The summed E-state index contributed by atoms with van der Waals surface area (Å²) in [4.78, 5) is 13.3. The van der Waals surface area contributed by atoms with E-state index in [9.17, 15) is 9.90 Å². The molecule has 1 aliphatic rings. The standard InChI is InChI=1S/C23H23NO2/c25-22-19-13-7-8-14-21(19)24(18-11-5-2-6-12-18)23(26)20(22)16-15-17-9-3-1-4-10-17/h1-6,9-12,25H,7-8,13-16H2. The average molecular weight is 345 g/mol. The third kappa shape index (κ3) is 3.05. The number of pyridine rings is 1. The Morgan fingerprint density at radius 1 is 0.846 bits per heavy atom. The van der Waals surface area contributed by atoms with Gasteiger partial charge < -0.3 is 5.11 Å². The van der Waals surface area contributed by atoms with Crippen molar-refractivity contribution < 1.29 is 5.11 Å². The summed E-state index contributed by atoms with van der Waals surface area (Å²) in [5.74, 6) is 0.229. The zero-order chi connectivity index (χ0) is 17.9. The minimum Gasteiger partial charge on any atom is -0.507 e. The van der Waals surface area contributed by atoms with Crippen molar-refractivity contribution in [2.75, 3.05) is 0 Å². The van der Waals surface area contributed by atoms with Gasteiger partial charge in [-0.3, -0.25) is 9.36 Å². The summed E-state index contributed by atoms with van der Waals surface area (Å²) in [6.45, 7) is 0. The van der Waals surface area contributed by atoms with Crippen LogP contribution in [0.15, 0.2) is 65.5 Å². The summed E-state index contributed by atoms with van der Waals surface area (Å²) < 4.78 is 1.83. The first-order valence-corrected chi connectivity index (χ1v) is 9.33. The van der Waals surface area contributed by atoms with Crippen LogP contribution in [0.4, 0.5) is 0 Å². The van der Waals surface area contributed by atoms with E-state index in [4.69, 9.17) is 0 Å². The predicted molar refractivity (Wildman–Crippen MR) is 104 cm³/mol. The summed E-state index contributed by atoms with van der Waals surface area (Å²) in [6, 6.07) is 19.9. The maximum Gasteiger partial charge on any atom is 0.262 e. The molecule has 132 valence electrons. The summed E-state index contributed by atoms with van der Waals surface area (Å²) in [7, 11) is 0. The Labute approximate surface area is 153 Å². The molecule has 0 fully saturated rings. The quantitative estimate of drug-likeness (QED) is 0.770. The van der Waals surface area contributed by atoms with Crippen molar-refractivity contribution in [1.29, 1.82) is 0 Å². The van der Waals surface area contributed by atoms with Crippen molar-refractivity contribution in [3.8, 4) is 11.4 Å². The molecule has 0 amide bonds. The molecule has 0 saturated carbocycles. The molecule has 0 radical (unpaired) electrons. The maximum atomic E-state index is 13.3. The molecule has 0 bridgehead atoms. The SMILES string of the molecule is O=c1c(CCc2ccccc2)c(O)c2c(n1-c1ccccc1)CCCC2. The second-order valence-corrected chi connectivity index (χ2v) is 6.92. The molecular weight excluding hydrogens is 322 g/mol. The van der Waals surface area contributed by atoms with Gasteiger partial charge in [0.25, 0.3) is 5.56 Å². The Kier molecular flexibility index (Phi) is 4.61. The Bertz CT molecular complexity index is 959. The van der Waals surface area contributed by atoms with Gasteiger partial charge in [-0.2, -0.15) is 0 Å². The first-order chi connectivity index (χ1) is 12.8. The lowest BCUT2D eigenvalue weighted by molar-refractivity contribution is 0.447. The molecule has 0 spiro atoms. The monoisotopic (exact) mass is 345 g/mol. The van der Waals surface area contributed by atoms with Gasteiger partial charge in [-0.15, -0.1) is 0 Å². The topological polar surface area (TPSA) is 42.2 Å². The molecule has 3 aromatic rings. The van der Waals surface area contributed by atoms with Crippen LogP contribution in [-0.4, -0.2) is 9.67 Å². The second-order valence-electron chi connectivity index (χ2n) is 6.92. The van der Waals surface area contributed by atoms with Crippen LogP contribution in [0, 0.1) is 0 Å². The third-order valence-corrected chi connectivity index (χ3v) is 5.26. The highest BCUT2D eigenvalue weighted by atomic mass is 16.3. The molecule has 1 N–H and O–H groups in total. The first-order valence-electron chi connectivity index (χ1n) is 9.33. The van der Waals surface area contributed by atoms with Crippen molar-refractivity contribution in [3.63, 3.8) is 0 Å². The van der Waals surface area contributed by atoms with E-state index in [2.05, 4.69) is 12.1 Å². The number of aryl methyl sites for hydroxylation is 1. The van der Waals surface area contributed by atoms with E-state index in [1.807, 2.05) is 53.1 Å². The Morgan fingerprint density at radius 3 is 2.23 bits per heavy atom. The van der Waals surface area contributed by atoms with Crippen LogP contribution < -0.4 is 5.56 Å². The highest BCUT2D eigenvalue weighted by Gasteiger charge is 2.24. The van der Waals surface area contributed by atoms with Crippen LogP contribution in [0.3, 0.4) is 0 Å². The molecule has 4 rings (SSSR count). The van der Waals surface area contributed by atoms with Gasteiger partial charge >= 0.3 is 0 Å². The van der Waals surface area contributed by atoms with Gasteiger partial charge in [0.1, 0.15) is 5.75 Å². The van der Waals surface area contributed by atoms with E-state index >= 15 is 0 Å². The molecule has 26 heavy (non-hydrogen) atoms. The predicted octanol–water partition coefficient (Wildman–Crippen LogP) is 4.21. The number of hydrogen-bond acceptors (Lipinski definition) is 2. The van der Waals surface area contributed by atoms with Crippen molar-refractivity contribution in [2.24, 2.45) is 0 Å². The van der Waals surface area contributed by atoms with E-state index in [-0.39, 0.29) is 11.3 Å². The molecule has 1 heterocycles. The fraction of sp³-hybridized carbons (Fsp3) is 0.261. The first kappa shape index (κ1) is 16.6. The van der Waals surface area contributed by atoms with Crippen LogP contribution in [0.25, 0.3) is 5.69 Å². The smallest absolute Gasteiger partial charge is 0.262 e. The van der Waals surface area contributed by atoms with Gasteiger partial charge in [-0.25, -0.2) is 0 Å². The molecular formula is C23H23NO2. The number of rotatable bonds is 4. The van der Waals surface area contributed by atoms with Crippen LogP contribution in [0.5, 0.6) is 5.75 Å². The summed E-state index contributed by atoms with van der Waals surface area (Å²) in [5, 5.41) is 10.9. The zero-order valence-corrected chi connectivity index (χ0v) is 14.8. The normalized spacial score (nSPS) is 13.4. The molecule has 2 aromatic carbocycles. The fourth-order valence-electron chi connectivity index (χ4n) is 3.92. The Morgan fingerprint density at radius 2 is 1.50 bits per heavy atom. The third-order valence-electron chi connectivity index (χ3n) is 5.26. The molecule has 0 atom stereocenters. The number of aromatic hydroxyl groups is 1. The largest absolute Gasteiger partial charge is 0.507 e. The Hall–Kier alpha value is -2.81. The number of hydrogen-bond donors (Lipinski definition) is 1. The average Bonchev–Trinajstić information content (AvgIpc) is 2.70. The number of fused-ring (bicyclic) bond motifs is 1. The van der Waals surface area contributed by atoms with Crippen molar-refractivity contribution in [1.82, 2.24) is 4.57 Å². The van der Waals surface area contributed by atoms with Crippen molar-refractivity contribution in [2.45, 2.75) is 38.5 Å². The number of aromatic nitrogens is 1. The number of nitrogens with zero attached hydrogens (tertiary/aromatic N) is 1. The van der Waals surface area contributed by atoms with E-state index in [0.29, 0.717) is 12.0 Å². The van der Waals surface area contributed by atoms with Crippen molar-refractivity contribution >= 4 is 0 Å². The minimum atomic E-state index is -0.0784. The van der Waals surface area contributed by atoms with Crippen LogP contribution in [0.2, 0.25) is 0 Å². The minimum absolute atomic E-state index is 0.0784.